The summed E-state index contributed by atoms with van der Waals surface area (Å²) in [7, 11) is 0. The molecule has 1 aromatic carbocycles. The second-order valence-corrected chi connectivity index (χ2v) is 3.29. The number of urea groups is 1. The summed E-state index contributed by atoms with van der Waals surface area (Å²) in [5.41, 5.74) is 7.12. The number of quaternary nitrogens is 1. The van der Waals surface area contributed by atoms with E-state index >= 15 is 0 Å². The molecule has 4 heteroatoms. The number of para-hydroxylation sites is 1. The average molecular weight is 205 g/mol. The number of hydroxylamine groups is 2. The fourth-order valence-corrected chi connectivity index (χ4v) is 1.77. The maximum atomic E-state index is 11.5. The van der Waals surface area contributed by atoms with Crippen molar-refractivity contribution in [3.05, 3.63) is 36.0 Å². The van der Waals surface area contributed by atoms with E-state index in [4.69, 9.17) is 10.6 Å². The molecule has 1 aliphatic rings. The van der Waals surface area contributed by atoms with Crippen LogP contribution in [0.2, 0.25) is 0 Å². The van der Waals surface area contributed by atoms with Crippen molar-refractivity contribution in [3.8, 4) is 0 Å². The molecule has 2 amide bonds. The molecule has 4 nitrogen and oxygen atoms in total. The Morgan fingerprint density at radius 2 is 2.20 bits per heavy atom. The van der Waals surface area contributed by atoms with Crippen LogP contribution in [0.15, 0.2) is 30.5 Å². The van der Waals surface area contributed by atoms with Crippen LogP contribution in [0.4, 0.5) is 10.5 Å². The molecule has 0 aromatic heterocycles. The number of benzene rings is 1. The largest absolute Gasteiger partial charge is 0.456 e. The predicted octanol–water partition coefficient (Wildman–Crippen LogP) is 2.01. The van der Waals surface area contributed by atoms with Gasteiger partial charge in [-0.3, -0.25) is 0 Å². The molecule has 0 spiro atoms. The topological polar surface area (TPSA) is 52.3 Å². The van der Waals surface area contributed by atoms with Gasteiger partial charge in [0, 0.05) is 17.7 Å². The highest BCUT2D eigenvalue weighted by Gasteiger charge is 2.43. The van der Waals surface area contributed by atoms with Crippen molar-refractivity contribution in [2.45, 2.75) is 6.92 Å². The lowest BCUT2D eigenvalue weighted by Gasteiger charge is -2.23. The standard InChI is InChI=1S/C11H12N2O2/c1-2-15-13(11(12)14)8-7-9-5-3-4-6-10(9)13/h3-8H,2H2,1H3,(H-,12,14)/p+1/t13-/m0/s1. The van der Waals surface area contributed by atoms with Gasteiger partial charge in [-0.1, -0.05) is 12.1 Å². The fourth-order valence-electron chi connectivity index (χ4n) is 1.77. The van der Waals surface area contributed by atoms with E-state index in [1.807, 2.05) is 37.3 Å². The minimum absolute atomic E-state index is 0.341. The zero-order chi connectivity index (χ0) is 10.9. The van der Waals surface area contributed by atoms with Gasteiger partial charge in [-0.2, -0.15) is 4.84 Å². The second kappa shape index (κ2) is 3.49. The maximum absolute atomic E-state index is 11.5. The highest BCUT2D eigenvalue weighted by Crippen LogP contribution is 2.35. The molecule has 1 aromatic rings. The molecule has 15 heavy (non-hydrogen) atoms. The van der Waals surface area contributed by atoms with Gasteiger partial charge < -0.3 is 5.73 Å². The minimum atomic E-state index is -0.530. The van der Waals surface area contributed by atoms with Crippen LogP contribution in [0.25, 0.3) is 6.08 Å². The van der Waals surface area contributed by atoms with Gasteiger partial charge >= 0.3 is 6.03 Å². The number of hydrogen-bond acceptors (Lipinski definition) is 2. The highest BCUT2D eigenvalue weighted by molar-refractivity contribution is 5.92. The lowest BCUT2D eigenvalue weighted by atomic mass is 10.2. The van der Waals surface area contributed by atoms with E-state index in [1.165, 1.54) is 0 Å². The Morgan fingerprint density at radius 1 is 1.47 bits per heavy atom. The zero-order valence-corrected chi connectivity index (χ0v) is 8.51. The Bertz CT molecular complexity index is 428. The molecule has 0 fully saturated rings. The number of carbonyl (C=O) groups is 1. The van der Waals surface area contributed by atoms with Crippen LogP contribution < -0.4 is 10.4 Å². The molecule has 0 bridgehead atoms. The first-order chi connectivity index (χ1) is 7.20. The smallest absolute Gasteiger partial charge is 0.316 e. The predicted molar refractivity (Wildman–Crippen MR) is 58.5 cm³/mol. The summed E-state index contributed by atoms with van der Waals surface area (Å²) in [6.45, 7) is 2.25. The first kappa shape index (κ1) is 9.89. The first-order valence-corrected chi connectivity index (χ1v) is 4.83. The molecule has 0 aliphatic carbocycles. The van der Waals surface area contributed by atoms with Gasteiger partial charge in [0.2, 0.25) is 0 Å². The summed E-state index contributed by atoms with van der Waals surface area (Å²) in [6, 6.07) is 7.01. The average Bonchev–Trinajstić information content (AvgIpc) is 2.60. The maximum Gasteiger partial charge on any atom is 0.456 e. The van der Waals surface area contributed by atoms with Crippen molar-refractivity contribution in [1.82, 2.24) is 4.65 Å². The summed E-state index contributed by atoms with van der Waals surface area (Å²) in [5, 5.41) is 0. The molecule has 1 aliphatic heterocycles. The van der Waals surface area contributed by atoms with Crippen LogP contribution in [-0.4, -0.2) is 12.6 Å². The number of carbonyl (C=O) groups excluding carboxylic acids is 1. The van der Waals surface area contributed by atoms with Crippen molar-refractivity contribution in [2.75, 3.05) is 6.61 Å². The van der Waals surface area contributed by atoms with Gasteiger partial charge in [-0.15, -0.1) is 0 Å². The van der Waals surface area contributed by atoms with Crippen LogP contribution in [0.5, 0.6) is 0 Å². The van der Waals surface area contributed by atoms with Crippen LogP contribution in [0, 0.1) is 0 Å². The van der Waals surface area contributed by atoms with E-state index in [2.05, 4.69) is 0 Å². The Balaban J connectivity index is 2.54. The van der Waals surface area contributed by atoms with Crippen molar-refractivity contribution in [2.24, 2.45) is 5.73 Å². The van der Waals surface area contributed by atoms with Gasteiger partial charge in [0.05, 0.1) is 0 Å². The normalized spacial score (nSPS) is 22.7. The van der Waals surface area contributed by atoms with Crippen LogP contribution in [-0.2, 0) is 4.84 Å². The zero-order valence-electron chi connectivity index (χ0n) is 8.51. The molecule has 0 radical (unpaired) electrons. The van der Waals surface area contributed by atoms with Crippen molar-refractivity contribution in [3.63, 3.8) is 0 Å². The van der Waals surface area contributed by atoms with Gasteiger partial charge in [-0.25, -0.2) is 4.79 Å². The third kappa shape index (κ3) is 1.35. The number of primary amides is 1. The molecule has 2 rings (SSSR count). The van der Waals surface area contributed by atoms with Gasteiger partial charge in [0.15, 0.2) is 5.69 Å². The molecule has 0 saturated carbocycles. The summed E-state index contributed by atoms with van der Waals surface area (Å²) in [5.74, 6) is 0. The SMILES string of the molecule is CCO[N@@+]1(C(N)=O)C=Cc2ccccc21. The summed E-state index contributed by atoms with van der Waals surface area (Å²) >= 11 is 0. The minimum Gasteiger partial charge on any atom is -0.316 e. The van der Waals surface area contributed by atoms with Crippen molar-refractivity contribution in [1.29, 1.82) is 0 Å². The van der Waals surface area contributed by atoms with E-state index < -0.39 is 6.03 Å². The fraction of sp³-hybridized carbons (Fsp3) is 0.182. The molecular formula is C11H13N2O2+. The van der Waals surface area contributed by atoms with Gasteiger partial charge in [0.1, 0.15) is 12.8 Å². The van der Waals surface area contributed by atoms with E-state index in [9.17, 15) is 4.79 Å². The molecule has 1 heterocycles. The molecule has 1 atom stereocenters. The first-order valence-electron chi connectivity index (χ1n) is 4.83. The van der Waals surface area contributed by atoms with Crippen molar-refractivity contribution >= 4 is 17.8 Å². The Hall–Kier alpha value is -1.65. The second-order valence-electron chi connectivity index (χ2n) is 3.29. The molecular weight excluding hydrogens is 192 g/mol. The van der Waals surface area contributed by atoms with Crippen LogP contribution in [0.1, 0.15) is 12.5 Å². The molecule has 78 valence electrons. The molecule has 0 saturated heterocycles. The Labute approximate surface area is 88.1 Å². The third-order valence-electron chi connectivity index (χ3n) is 2.42. The van der Waals surface area contributed by atoms with E-state index in [1.54, 1.807) is 6.20 Å². The number of nitrogens with two attached hydrogens (primary N) is 1. The lowest BCUT2D eigenvalue weighted by Crippen LogP contribution is -2.51. The number of fused-ring (bicyclic) bond motifs is 1. The van der Waals surface area contributed by atoms with Gasteiger partial charge in [0.25, 0.3) is 0 Å². The summed E-state index contributed by atoms with van der Waals surface area (Å²) in [6.07, 6.45) is 3.51. The number of rotatable bonds is 2. The third-order valence-corrected chi connectivity index (χ3v) is 2.42. The number of hydrogen-bond donors (Lipinski definition) is 1. The lowest BCUT2D eigenvalue weighted by molar-refractivity contribution is -0.0616. The van der Waals surface area contributed by atoms with Crippen molar-refractivity contribution < 1.29 is 9.63 Å². The highest BCUT2D eigenvalue weighted by atomic mass is 16.7. The summed E-state index contributed by atoms with van der Waals surface area (Å²) < 4.78 is -0.341. The monoisotopic (exact) mass is 205 g/mol. The number of amides is 2. The molecule has 2 N–H and O–H groups in total. The Morgan fingerprint density at radius 3 is 2.87 bits per heavy atom. The van der Waals surface area contributed by atoms with Gasteiger partial charge in [-0.05, 0) is 17.6 Å². The van der Waals surface area contributed by atoms with Crippen LogP contribution >= 0.6 is 0 Å². The summed E-state index contributed by atoms with van der Waals surface area (Å²) in [4.78, 5) is 16.9. The Kier molecular flexibility index (Phi) is 2.30. The molecule has 0 unspecified atom stereocenters. The van der Waals surface area contributed by atoms with E-state index in [-0.39, 0.29) is 4.65 Å². The van der Waals surface area contributed by atoms with Crippen LogP contribution in [0.3, 0.4) is 0 Å². The van der Waals surface area contributed by atoms with E-state index in [0.717, 1.165) is 11.3 Å². The quantitative estimate of drug-likeness (QED) is 0.751. The number of nitrogens with zero attached hydrogens (tertiary/aromatic N) is 1. The van der Waals surface area contributed by atoms with E-state index in [0.29, 0.717) is 6.61 Å².